The molecular formula is C14H17Cl2NO. The van der Waals surface area contributed by atoms with E-state index in [2.05, 4.69) is 19.2 Å². The van der Waals surface area contributed by atoms with Gasteiger partial charge in [-0.2, -0.15) is 0 Å². The molecule has 0 aliphatic carbocycles. The number of rotatable bonds is 4. The molecule has 0 heterocycles. The molecule has 0 aliphatic rings. The van der Waals surface area contributed by atoms with E-state index in [1.54, 1.807) is 24.3 Å². The molecule has 0 bridgehead atoms. The fourth-order valence-electron chi connectivity index (χ4n) is 1.24. The van der Waals surface area contributed by atoms with Gasteiger partial charge >= 0.3 is 0 Å². The second-order valence-electron chi connectivity index (χ2n) is 4.54. The van der Waals surface area contributed by atoms with Gasteiger partial charge in [0, 0.05) is 22.2 Å². The Bertz CT molecular complexity index is 455. The van der Waals surface area contributed by atoms with Gasteiger partial charge in [-0.15, -0.1) is 0 Å². The van der Waals surface area contributed by atoms with Gasteiger partial charge < -0.3 is 5.32 Å². The van der Waals surface area contributed by atoms with Crippen LogP contribution < -0.4 is 5.32 Å². The summed E-state index contributed by atoms with van der Waals surface area (Å²) >= 11 is 11.8. The van der Waals surface area contributed by atoms with Crippen LogP contribution in [0.3, 0.4) is 0 Å². The smallest absolute Gasteiger partial charge is 0.244 e. The van der Waals surface area contributed by atoms with Crippen LogP contribution in [0.5, 0.6) is 0 Å². The fourth-order valence-corrected chi connectivity index (χ4v) is 1.71. The Labute approximate surface area is 118 Å². The van der Waals surface area contributed by atoms with Gasteiger partial charge in [0.2, 0.25) is 5.91 Å². The first-order valence-corrected chi connectivity index (χ1v) is 6.59. The van der Waals surface area contributed by atoms with Crippen LogP contribution in [0.4, 0.5) is 0 Å². The van der Waals surface area contributed by atoms with Crippen molar-refractivity contribution in [3.8, 4) is 0 Å². The number of benzene rings is 1. The third-order valence-electron chi connectivity index (χ3n) is 2.75. The van der Waals surface area contributed by atoms with Crippen LogP contribution in [-0.4, -0.2) is 11.9 Å². The number of hydrogen-bond donors (Lipinski definition) is 1. The van der Waals surface area contributed by atoms with E-state index in [1.807, 2.05) is 6.92 Å². The summed E-state index contributed by atoms with van der Waals surface area (Å²) in [6, 6.07) is 5.31. The SMILES string of the molecule is CC(C)[C@@H](C)NC(=O)/C=C/c1ccc(Cl)cc1Cl. The van der Waals surface area contributed by atoms with Crippen molar-refractivity contribution in [3.05, 3.63) is 39.9 Å². The van der Waals surface area contributed by atoms with Crippen molar-refractivity contribution in [2.75, 3.05) is 0 Å². The summed E-state index contributed by atoms with van der Waals surface area (Å²) < 4.78 is 0. The molecule has 0 radical (unpaired) electrons. The van der Waals surface area contributed by atoms with Crippen LogP contribution >= 0.6 is 23.2 Å². The van der Waals surface area contributed by atoms with Crippen LogP contribution in [0, 0.1) is 5.92 Å². The summed E-state index contributed by atoms with van der Waals surface area (Å²) in [6.07, 6.45) is 3.16. The fraction of sp³-hybridized carbons (Fsp3) is 0.357. The highest BCUT2D eigenvalue weighted by Gasteiger charge is 2.08. The van der Waals surface area contributed by atoms with E-state index in [0.29, 0.717) is 16.0 Å². The van der Waals surface area contributed by atoms with Crippen molar-refractivity contribution in [1.82, 2.24) is 5.32 Å². The highest BCUT2D eigenvalue weighted by molar-refractivity contribution is 6.35. The molecule has 2 nitrogen and oxygen atoms in total. The van der Waals surface area contributed by atoms with Crippen molar-refractivity contribution in [1.29, 1.82) is 0 Å². The minimum Gasteiger partial charge on any atom is -0.350 e. The zero-order valence-corrected chi connectivity index (χ0v) is 12.2. The van der Waals surface area contributed by atoms with E-state index in [9.17, 15) is 4.79 Å². The number of hydrogen-bond acceptors (Lipinski definition) is 1. The number of amides is 1. The van der Waals surface area contributed by atoms with Crippen molar-refractivity contribution in [2.24, 2.45) is 5.92 Å². The van der Waals surface area contributed by atoms with E-state index in [0.717, 1.165) is 5.56 Å². The predicted octanol–water partition coefficient (Wildman–Crippen LogP) is 4.17. The summed E-state index contributed by atoms with van der Waals surface area (Å²) in [6.45, 7) is 6.10. The zero-order valence-electron chi connectivity index (χ0n) is 10.7. The molecule has 1 N–H and O–H groups in total. The summed E-state index contributed by atoms with van der Waals surface area (Å²) in [5, 5.41) is 4.00. The molecule has 0 spiro atoms. The molecule has 0 aromatic heterocycles. The molecule has 1 rings (SSSR count). The number of carbonyl (C=O) groups is 1. The van der Waals surface area contributed by atoms with Crippen LogP contribution in [0.25, 0.3) is 6.08 Å². The Kier molecular flexibility index (Phi) is 5.70. The first kappa shape index (κ1) is 15.1. The monoisotopic (exact) mass is 285 g/mol. The largest absolute Gasteiger partial charge is 0.350 e. The molecule has 18 heavy (non-hydrogen) atoms. The lowest BCUT2D eigenvalue weighted by Gasteiger charge is -2.15. The third-order valence-corrected chi connectivity index (χ3v) is 3.31. The molecule has 4 heteroatoms. The number of nitrogens with one attached hydrogen (secondary N) is 1. The highest BCUT2D eigenvalue weighted by Crippen LogP contribution is 2.21. The highest BCUT2D eigenvalue weighted by atomic mass is 35.5. The Morgan fingerprint density at radius 2 is 1.94 bits per heavy atom. The predicted molar refractivity (Wildman–Crippen MR) is 77.9 cm³/mol. The minimum atomic E-state index is -0.123. The summed E-state index contributed by atoms with van der Waals surface area (Å²) in [5.74, 6) is 0.281. The van der Waals surface area contributed by atoms with Crippen molar-refractivity contribution in [2.45, 2.75) is 26.8 Å². The number of carbonyl (C=O) groups excluding carboxylic acids is 1. The first-order chi connectivity index (χ1) is 8.40. The molecule has 0 saturated heterocycles. The van der Waals surface area contributed by atoms with E-state index in [4.69, 9.17) is 23.2 Å². The molecule has 1 atom stereocenters. The van der Waals surface area contributed by atoms with Crippen LogP contribution in [-0.2, 0) is 4.79 Å². The van der Waals surface area contributed by atoms with Crippen LogP contribution in [0.2, 0.25) is 10.0 Å². The van der Waals surface area contributed by atoms with Crippen molar-refractivity contribution in [3.63, 3.8) is 0 Å². The van der Waals surface area contributed by atoms with Gasteiger partial charge in [-0.3, -0.25) is 4.79 Å². The van der Waals surface area contributed by atoms with Gasteiger partial charge in [0.05, 0.1) is 0 Å². The lowest BCUT2D eigenvalue weighted by molar-refractivity contribution is -0.117. The Morgan fingerprint density at radius 1 is 1.28 bits per heavy atom. The Morgan fingerprint density at radius 3 is 2.50 bits per heavy atom. The summed E-state index contributed by atoms with van der Waals surface area (Å²) in [7, 11) is 0. The van der Waals surface area contributed by atoms with Crippen LogP contribution in [0.1, 0.15) is 26.3 Å². The molecule has 98 valence electrons. The normalized spacial score (nSPS) is 13.0. The van der Waals surface area contributed by atoms with E-state index in [1.165, 1.54) is 6.08 Å². The van der Waals surface area contributed by atoms with Gasteiger partial charge in [-0.05, 0) is 36.6 Å². The van der Waals surface area contributed by atoms with Crippen LogP contribution in [0.15, 0.2) is 24.3 Å². The Hall–Kier alpha value is -0.990. The van der Waals surface area contributed by atoms with Gasteiger partial charge in [-0.25, -0.2) is 0 Å². The van der Waals surface area contributed by atoms with Gasteiger partial charge in [0.15, 0.2) is 0 Å². The van der Waals surface area contributed by atoms with E-state index in [-0.39, 0.29) is 11.9 Å². The average Bonchev–Trinajstić information content (AvgIpc) is 2.27. The minimum absolute atomic E-state index is 0.123. The summed E-state index contributed by atoms with van der Waals surface area (Å²) in [5.41, 5.74) is 0.772. The maximum atomic E-state index is 11.6. The molecule has 0 fully saturated rings. The lowest BCUT2D eigenvalue weighted by Crippen LogP contribution is -2.34. The van der Waals surface area contributed by atoms with E-state index >= 15 is 0 Å². The van der Waals surface area contributed by atoms with Gasteiger partial charge in [-0.1, -0.05) is 43.1 Å². The molecule has 1 amide bonds. The maximum absolute atomic E-state index is 11.6. The molecular weight excluding hydrogens is 269 g/mol. The molecule has 0 aliphatic heterocycles. The van der Waals surface area contributed by atoms with Gasteiger partial charge in [0.1, 0.15) is 0 Å². The quantitative estimate of drug-likeness (QED) is 0.827. The van der Waals surface area contributed by atoms with E-state index < -0.39 is 0 Å². The maximum Gasteiger partial charge on any atom is 0.244 e. The molecule has 0 saturated carbocycles. The number of halogens is 2. The molecule has 0 unspecified atom stereocenters. The average molecular weight is 286 g/mol. The molecule has 1 aromatic rings. The standard InChI is InChI=1S/C14H17Cl2NO/c1-9(2)10(3)17-14(18)7-5-11-4-6-12(15)8-13(11)16/h4-10H,1-3H3,(H,17,18)/b7-5+/t10-/m1/s1. The summed E-state index contributed by atoms with van der Waals surface area (Å²) in [4.78, 5) is 11.6. The Balaban J connectivity index is 2.66. The van der Waals surface area contributed by atoms with Crippen molar-refractivity contribution >= 4 is 35.2 Å². The second kappa shape index (κ2) is 6.81. The molecule has 1 aromatic carbocycles. The second-order valence-corrected chi connectivity index (χ2v) is 5.38. The third kappa shape index (κ3) is 4.71. The van der Waals surface area contributed by atoms with Crippen molar-refractivity contribution < 1.29 is 4.79 Å². The lowest BCUT2D eigenvalue weighted by atomic mass is 10.1. The topological polar surface area (TPSA) is 29.1 Å². The zero-order chi connectivity index (χ0) is 13.7. The first-order valence-electron chi connectivity index (χ1n) is 5.83. The van der Waals surface area contributed by atoms with Gasteiger partial charge in [0.25, 0.3) is 0 Å².